The molecule has 0 fully saturated rings. The summed E-state index contributed by atoms with van der Waals surface area (Å²) in [5, 5.41) is 0. The van der Waals surface area contributed by atoms with Crippen molar-refractivity contribution in [1.82, 2.24) is 9.97 Å². The molecule has 0 saturated heterocycles. The van der Waals surface area contributed by atoms with Gasteiger partial charge in [0.1, 0.15) is 12.1 Å². The summed E-state index contributed by atoms with van der Waals surface area (Å²) < 4.78 is 57.9. The Morgan fingerprint density at radius 3 is 2.03 bits per heavy atom. The number of hydrogen-bond acceptors (Lipinski definition) is 6. The number of nitrogens with zero attached hydrogens (tertiary/aromatic N) is 2. The van der Waals surface area contributed by atoms with Crippen LogP contribution in [-0.4, -0.2) is 44.1 Å². The second-order valence-corrected chi connectivity index (χ2v) is 6.13. The fourth-order valence-corrected chi connectivity index (χ4v) is 2.88. The van der Waals surface area contributed by atoms with Gasteiger partial charge in [-0.3, -0.25) is 0 Å². The Balaban J connectivity index is 1.99. The Hall–Kier alpha value is -3.49. The molecule has 0 atom stereocenters. The normalized spacial score (nSPS) is 11.1. The third-order valence-corrected chi connectivity index (χ3v) is 4.22. The predicted molar refractivity (Wildman–Crippen MR) is 104 cm³/mol. The highest BCUT2D eigenvalue weighted by molar-refractivity contribution is 5.82. The van der Waals surface area contributed by atoms with Crippen LogP contribution in [0, 0.1) is 0 Å². The number of rotatable bonds is 7. The van der Waals surface area contributed by atoms with E-state index < -0.39 is 12.8 Å². The maximum atomic E-state index is 12.3. The lowest BCUT2D eigenvalue weighted by molar-refractivity contribution is -0.153. The Labute approximate surface area is 171 Å². The summed E-state index contributed by atoms with van der Waals surface area (Å²) in [6.45, 7) is -1.35. The van der Waals surface area contributed by atoms with E-state index in [0.717, 1.165) is 0 Å². The van der Waals surface area contributed by atoms with Gasteiger partial charge in [0, 0.05) is 17.3 Å². The second kappa shape index (κ2) is 8.89. The largest absolute Gasteiger partial charge is 0.493 e. The molecule has 0 spiro atoms. The van der Waals surface area contributed by atoms with Crippen LogP contribution in [0.3, 0.4) is 0 Å². The summed E-state index contributed by atoms with van der Waals surface area (Å²) in [6, 6.07) is 9.74. The van der Waals surface area contributed by atoms with Gasteiger partial charge in [0.2, 0.25) is 5.75 Å². The fourth-order valence-electron chi connectivity index (χ4n) is 2.88. The summed E-state index contributed by atoms with van der Waals surface area (Å²) in [6.07, 6.45) is -1.37. The smallest absolute Gasteiger partial charge is 0.422 e. The van der Waals surface area contributed by atoms with Crippen molar-refractivity contribution < 1.29 is 32.1 Å². The Morgan fingerprint density at radius 2 is 1.50 bits per heavy atom. The van der Waals surface area contributed by atoms with Crippen LogP contribution < -0.4 is 18.9 Å². The maximum absolute atomic E-state index is 12.3. The molecular weight excluding hydrogens is 401 g/mol. The van der Waals surface area contributed by atoms with E-state index in [-0.39, 0.29) is 5.75 Å². The molecule has 9 heteroatoms. The Bertz CT molecular complexity index is 983. The highest BCUT2D eigenvalue weighted by Crippen LogP contribution is 2.42. The zero-order chi connectivity index (χ0) is 21.7. The lowest BCUT2D eigenvalue weighted by atomic mass is 10.00. The van der Waals surface area contributed by atoms with Crippen LogP contribution in [0.15, 0.2) is 48.9 Å². The molecule has 0 amide bonds. The lowest BCUT2D eigenvalue weighted by Gasteiger charge is -2.15. The van der Waals surface area contributed by atoms with E-state index in [1.54, 1.807) is 30.5 Å². The quantitative estimate of drug-likeness (QED) is 0.548. The average Bonchev–Trinajstić information content (AvgIpc) is 2.76. The zero-order valence-electron chi connectivity index (χ0n) is 16.5. The number of aromatic nitrogens is 2. The minimum atomic E-state index is -4.40. The maximum Gasteiger partial charge on any atom is 0.422 e. The van der Waals surface area contributed by atoms with Gasteiger partial charge in [-0.1, -0.05) is 12.1 Å². The molecule has 0 bridgehead atoms. The predicted octanol–water partition coefficient (Wildman–Crippen LogP) is 4.78. The van der Waals surface area contributed by atoms with Gasteiger partial charge in [-0.05, 0) is 29.8 Å². The molecule has 0 radical (unpaired) electrons. The lowest BCUT2D eigenvalue weighted by Crippen LogP contribution is -2.19. The molecule has 30 heavy (non-hydrogen) atoms. The van der Waals surface area contributed by atoms with E-state index >= 15 is 0 Å². The highest BCUT2D eigenvalue weighted by Gasteiger charge is 2.28. The number of halogens is 3. The minimum Gasteiger partial charge on any atom is -0.493 e. The average molecular weight is 420 g/mol. The van der Waals surface area contributed by atoms with Crippen molar-refractivity contribution in [1.29, 1.82) is 0 Å². The van der Waals surface area contributed by atoms with Gasteiger partial charge in [-0.25, -0.2) is 9.97 Å². The van der Waals surface area contributed by atoms with Gasteiger partial charge in [-0.15, -0.1) is 0 Å². The van der Waals surface area contributed by atoms with Crippen molar-refractivity contribution in [3.63, 3.8) is 0 Å². The molecule has 2 aromatic carbocycles. The van der Waals surface area contributed by atoms with Crippen LogP contribution in [-0.2, 0) is 0 Å². The fraction of sp³-hybridized carbons (Fsp3) is 0.238. The van der Waals surface area contributed by atoms with E-state index in [1.807, 2.05) is 0 Å². The monoisotopic (exact) mass is 420 g/mol. The molecule has 3 rings (SSSR count). The zero-order valence-corrected chi connectivity index (χ0v) is 16.5. The molecule has 0 aliphatic rings. The van der Waals surface area contributed by atoms with E-state index in [2.05, 4.69) is 9.97 Å². The highest BCUT2D eigenvalue weighted by atomic mass is 19.4. The van der Waals surface area contributed by atoms with E-state index in [0.29, 0.717) is 39.6 Å². The molecule has 0 saturated carbocycles. The minimum absolute atomic E-state index is 0.113. The van der Waals surface area contributed by atoms with Gasteiger partial charge in [0.25, 0.3) is 0 Å². The molecule has 0 aliphatic carbocycles. The number of alkyl halides is 3. The van der Waals surface area contributed by atoms with Crippen LogP contribution >= 0.6 is 0 Å². The number of methoxy groups -OCH3 is 3. The summed E-state index contributed by atoms with van der Waals surface area (Å²) >= 11 is 0. The second-order valence-electron chi connectivity index (χ2n) is 6.13. The first kappa shape index (κ1) is 21.2. The van der Waals surface area contributed by atoms with Gasteiger partial charge in [-0.2, -0.15) is 13.2 Å². The topological polar surface area (TPSA) is 62.7 Å². The van der Waals surface area contributed by atoms with Crippen LogP contribution in [0.5, 0.6) is 23.0 Å². The van der Waals surface area contributed by atoms with Crippen LogP contribution in [0.1, 0.15) is 0 Å². The summed E-state index contributed by atoms with van der Waals surface area (Å²) in [5.41, 5.74) is 2.67. The van der Waals surface area contributed by atoms with Crippen molar-refractivity contribution in [2.24, 2.45) is 0 Å². The van der Waals surface area contributed by atoms with Gasteiger partial charge < -0.3 is 18.9 Å². The first-order valence-electron chi connectivity index (χ1n) is 8.76. The van der Waals surface area contributed by atoms with Gasteiger partial charge in [0.05, 0.1) is 27.0 Å². The van der Waals surface area contributed by atoms with Crippen LogP contribution in [0.25, 0.3) is 22.4 Å². The van der Waals surface area contributed by atoms with E-state index in [4.69, 9.17) is 18.9 Å². The van der Waals surface area contributed by atoms with E-state index in [9.17, 15) is 13.2 Å². The van der Waals surface area contributed by atoms with E-state index in [1.165, 1.54) is 39.8 Å². The summed E-state index contributed by atoms with van der Waals surface area (Å²) in [4.78, 5) is 8.46. The van der Waals surface area contributed by atoms with Crippen molar-refractivity contribution in [3.05, 3.63) is 48.9 Å². The standard InChI is InChI=1S/C21H19F3N2O4/c1-27-17-8-14(9-18(28-2)20(17)29-3)19-16(10-25-12-26-19)13-4-6-15(7-5-13)30-11-21(22,23)24/h4-10,12H,11H2,1-3H3. The molecule has 1 aromatic heterocycles. The van der Waals surface area contributed by atoms with Crippen molar-refractivity contribution in [3.8, 4) is 45.4 Å². The number of hydrogen-bond donors (Lipinski definition) is 0. The molecule has 0 aliphatic heterocycles. The number of benzene rings is 2. The Kier molecular flexibility index (Phi) is 6.29. The van der Waals surface area contributed by atoms with Crippen molar-refractivity contribution in [2.45, 2.75) is 6.18 Å². The molecule has 0 unspecified atom stereocenters. The van der Waals surface area contributed by atoms with Crippen LogP contribution in [0.2, 0.25) is 0 Å². The molecule has 0 N–H and O–H groups in total. The molecule has 1 heterocycles. The molecule has 158 valence electrons. The van der Waals surface area contributed by atoms with Crippen molar-refractivity contribution >= 4 is 0 Å². The Morgan fingerprint density at radius 1 is 0.867 bits per heavy atom. The SMILES string of the molecule is COc1cc(-c2ncncc2-c2ccc(OCC(F)(F)F)cc2)cc(OC)c1OC. The molecule has 6 nitrogen and oxygen atoms in total. The van der Waals surface area contributed by atoms with Crippen molar-refractivity contribution in [2.75, 3.05) is 27.9 Å². The summed E-state index contributed by atoms with van der Waals surface area (Å²) in [5.74, 6) is 1.49. The summed E-state index contributed by atoms with van der Waals surface area (Å²) in [7, 11) is 4.54. The number of ether oxygens (including phenoxy) is 4. The third kappa shape index (κ3) is 4.73. The van der Waals surface area contributed by atoms with Gasteiger partial charge in [0.15, 0.2) is 18.1 Å². The first-order chi connectivity index (χ1) is 14.4. The first-order valence-corrected chi connectivity index (χ1v) is 8.76. The third-order valence-electron chi connectivity index (χ3n) is 4.22. The van der Waals surface area contributed by atoms with Gasteiger partial charge >= 0.3 is 6.18 Å². The molecular formula is C21H19F3N2O4. The van der Waals surface area contributed by atoms with Crippen LogP contribution in [0.4, 0.5) is 13.2 Å². The molecule has 3 aromatic rings.